The maximum atomic E-state index is 12.7. The highest BCUT2D eigenvalue weighted by molar-refractivity contribution is 7.10. The van der Waals surface area contributed by atoms with Gasteiger partial charge in [0.25, 0.3) is 0 Å². The topological polar surface area (TPSA) is 105 Å². The Morgan fingerprint density at radius 2 is 1.70 bits per heavy atom. The monoisotopic (exact) mass is 464 g/mol. The summed E-state index contributed by atoms with van der Waals surface area (Å²) in [5.41, 5.74) is 5.01. The van der Waals surface area contributed by atoms with Crippen LogP contribution in [0.5, 0.6) is 0 Å². The second-order valence-corrected chi connectivity index (χ2v) is 9.01. The van der Waals surface area contributed by atoms with E-state index in [9.17, 15) is 14.4 Å². The van der Waals surface area contributed by atoms with E-state index in [1.165, 1.54) is 11.3 Å². The van der Waals surface area contributed by atoms with Gasteiger partial charge in [0, 0.05) is 22.6 Å². The fraction of sp³-hybridized carbons (Fsp3) is 0.240. The second-order valence-electron chi connectivity index (χ2n) is 7.89. The molecule has 0 bridgehead atoms. The number of amides is 2. The highest BCUT2D eigenvalue weighted by atomic mass is 32.1. The molecule has 7 nitrogen and oxygen atoms in total. The van der Waals surface area contributed by atoms with Gasteiger partial charge < -0.3 is 20.5 Å². The van der Waals surface area contributed by atoms with Crippen LogP contribution in [0.15, 0.2) is 60.0 Å². The van der Waals surface area contributed by atoms with Crippen molar-refractivity contribution in [2.75, 3.05) is 11.9 Å². The molecule has 0 fully saturated rings. The minimum Gasteiger partial charge on any atom is -0.481 e. The summed E-state index contributed by atoms with van der Waals surface area (Å²) in [5, 5.41) is 16.1. The largest absolute Gasteiger partial charge is 0.481 e. The van der Waals surface area contributed by atoms with Crippen molar-refractivity contribution in [3.05, 3.63) is 76.0 Å². The third kappa shape index (κ3) is 5.23. The number of thiophene rings is 1. The molecule has 3 aromatic rings. The molecule has 1 aliphatic carbocycles. The number of carbonyl (C=O) groups is 3. The van der Waals surface area contributed by atoms with E-state index in [2.05, 4.69) is 10.6 Å². The Balaban J connectivity index is 1.42. The van der Waals surface area contributed by atoms with Crippen molar-refractivity contribution in [3.63, 3.8) is 0 Å². The number of rotatable bonds is 8. The zero-order chi connectivity index (χ0) is 23.4. The van der Waals surface area contributed by atoms with Gasteiger partial charge in [0.2, 0.25) is 5.91 Å². The van der Waals surface area contributed by atoms with Crippen LogP contribution in [0, 0.1) is 6.92 Å². The minimum absolute atomic E-state index is 0.0471. The Kier molecular flexibility index (Phi) is 6.74. The molecular weight excluding hydrogens is 440 g/mol. The number of hydrogen-bond donors (Lipinski definition) is 3. The molecule has 170 valence electrons. The van der Waals surface area contributed by atoms with Gasteiger partial charge in [0.15, 0.2) is 0 Å². The van der Waals surface area contributed by atoms with Gasteiger partial charge in [-0.3, -0.25) is 9.59 Å². The number of anilines is 1. The van der Waals surface area contributed by atoms with Crippen molar-refractivity contribution >= 4 is 35.0 Å². The Morgan fingerprint density at radius 1 is 1.06 bits per heavy atom. The molecule has 3 N–H and O–H groups in total. The first kappa shape index (κ1) is 22.5. The standard InChI is InChI=1S/C25H24N2O5S/c1-15-12-16(14-33-15)26-24(30)22(10-11-23(28)29)27-25(31)32-13-21-19-8-4-2-6-17(19)18-7-3-5-9-20(18)21/h2-9,12,14,21-22H,10-11,13H2,1H3,(H,26,30)(H,27,31)(H,28,29). The van der Waals surface area contributed by atoms with Crippen LogP contribution in [0.3, 0.4) is 0 Å². The average Bonchev–Trinajstić information content (AvgIpc) is 3.35. The van der Waals surface area contributed by atoms with E-state index in [0.29, 0.717) is 5.69 Å². The van der Waals surface area contributed by atoms with Crippen LogP contribution in [0.2, 0.25) is 0 Å². The van der Waals surface area contributed by atoms with E-state index < -0.39 is 24.0 Å². The minimum atomic E-state index is -1.05. The van der Waals surface area contributed by atoms with Gasteiger partial charge in [-0.15, -0.1) is 11.3 Å². The molecule has 8 heteroatoms. The predicted molar refractivity (Wildman–Crippen MR) is 127 cm³/mol. The molecule has 0 radical (unpaired) electrons. The van der Waals surface area contributed by atoms with Crippen LogP contribution in [0.1, 0.15) is 34.8 Å². The molecule has 1 atom stereocenters. The number of carboxylic acid groups (broad SMARTS) is 1. The highest BCUT2D eigenvalue weighted by Crippen LogP contribution is 2.44. The van der Waals surface area contributed by atoms with Gasteiger partial charge in [-0.25, -0.2) is 4.79 Å². The van der Waals surface area contributed by atoms with Crippen molar-refractivity contribution in [1.82, 2.24) is 5.32 Å². The van der Waals surface area contributed by atoms with Crippen molar-refractivity contribution in [1.29, 1.82) is 0 Å². The number of benzene rings is 2. The second kappa shape index (κ2) is 9.87. The van der Waals surface area contributed by atoms with Crippen molar-refractivity contribution in [2.24, 2.45) is 0 Å². The number of aliphatic carboxylic acids is 1. The van der Waals surface area contributed by atoms with Crippen LogP contribution in [-0.4, -0.2) is 35.7 Å². The summed E-state index contributed by atoms with van der Waals surface area (Å²) < 4.78 is 5.51. The molecule has 1 unspecified atom stereocenters. The Morgan fingerprint density at radius 3 is 2.27 bits per heavy atom. The van der Waals surface area contributed by atoms with Gasteiger partial charge >= 0.3 is 12.1 Å². The van der Waals surface area contributed by atoms with Crippen molar-refractivity contribution in [2.45, 2.75) is 31.7 Å². The van der Waals surface area contributed by atoms with E-state index in [1.807, 2.05) is 61.5 Å². The molecular formula is C25H24N2O5S. The smallest absolute Gasteiger partial charge is 0.407 e. The van der Waals surface area contributed by atoms with Crippen molar-refractivity contribution in [3.8, 4) is 11.1 Å². The quantitative estimate of drug-likeness (QED) is 0.446. The summed E-state index contributed by atoms with van der Waals surface area (Å²) in [6, 6.07) is 16.8. The SMILES string of the molecule is Cc1cc(NC(=O)C(CCC(=O)O)NC(=O)OCC2c3ccccc3-c3ccccc32)cs1. The highest BCUT2D eigenvalue weighted by Gasteiger charge is 2.30. The molecule has 2 aromatic carbocycles. The number of carbonyl (C=O) groups excluding carboxylic acids is 2. The van der Waals surface area contributed by atoms with Crippen LogP contribution >= 0.6 is 11.3 Å². The molecule has 0 saturated heterocycles. The molecule has 1 aliphatic rings. The summed E-state index contributed by atoms with van der Waals surface area (Å²) in [6.07, 6.45) is -1.07. The summed E-state index contributed by atoms with van der Waals surface area (Å²) in [6.45, 7) is 2.02. The van der Waals surface area contributed by atoms with Crippen LogP contribution < -0.4 is 10.6 Å². The number of fused-ring (bicyclic) bond motifs is 3. The molecule has 33 heavy (non-hydrogen) atoms. The Bertz CT molecular complexity index is 1140. The summed E-state index contributed by atoms with van der Waals surface area (Å²) >= 11 is 1.48. The first-order chi connectivity index (χ1) is 15.9. The van der Waals surface area contributed by atoms with E-state index in [-0.39, 0.29) is 25.4 Å². The zero-order valence-electron chi connectivity index (χ0n) is 18.0. The van der Waals surface area contributed by atoms with Crippen molar-refractivity contribution < 1.29 is 24.2 Å². The van der Waals surface area contributed by atoms with Crippen LogP contribution in [0.25, 0.3) is 11.1 Å². The van der Waals surface area contributed by atoms with Crippen LogP contribution in [0.4, 0.5) is 10.5 Å². The van der Waals surface area contributed by atoms with Gasteiger partial charge in [-0.05, 0) is 41.7 Å². The predicted octanol–water partition coefficient (Wildman–Crippen LogP) is 4.77. The molecule has 1 aromatic heterocycles. The molecule has 0 aliphatic heterocycles. The third-order valence-electron chi connectivity index (χ3n) is 5.60. The number of aryl methyl sites for hydroxylation is 1. The van der Waals surface area contributed by atoms with Gasteiger partial charge in [-0.1, -0.05) is 48.5 Å². The maximum Gasteiger partial charge on any atom is 0.407 e. The zero-order valence-corrected chi connectivity index (χ0v) is 18.9. The first-order valence-electron chi connectivity index (χ1n) is 10.6. The number of carboxylic acids is 1. The molecule has 0 saturated carbocycles. The van der Waals surface area contributed by atoms with Crippen LogP contribution in [-0.2, 0) is 14.3 Å². The summed E-state index contributed by atoms with van der Waals surface area (Å²) in [7, 11) is 0. The van der Waals surface area contributed by atoms with E-state index in [1.54, 1.807) is 5.38 Å². The average molecular weight is 465 g/mol. The number of hydrogen-bond acceptors (Lipinski definition) is 5. The van der Waals surface area contributed by atoms with E-state index in [4.69, 9.17) is 9.84 Å². The fourth-order valence-electron chi connectivity index (χ4n) is 4.06. The Hall–Kier alpha value is -3.65. The first-order valence-corrected chi connectivity index (χ1v) is 11.5. The number of alkyl carbamates (subject to hydrolysis) is 1. The van der Waals surface area contributed by atoms with Gasteiger partial charge in [-0.2, -0.15) is 0 Å². The van der Waals surface area contributed by atoms with E-state index >= 15 is 0 Å². The number of ether oxygens (including phenoxy) is 1. The summed E-state index contributed by atoms with van der Waals surface area (Å²) in [5.74, 6) is -1.64. The maximum absolute atomic E-state index is 12.7. The normalized spacial score (nSPS) is 13.0. The number of nitrogens with one attached hydrogen (secondary N) is 2. The molecule has 0 spiro atoms. The lowest BCUT2D eigenvalue weighted by molar-refractivity contribution is -0.137. The fourth-order valence-corrected chi connectivity index (χ4v) is 4.69. The summed E-state index contributed by atoms with van der Waals surface area (Å²) in [4.78, 5) is 37.3. The van der Waals surface area contributed by atoms with Gasteiger partial charge in [0.1, 0.15) is 12.6 Å². The third-order valence-corrected chi connectivity index (χ3v) is 6.46. The molecule has 1 heterocycles. The lowest BCUT2D eigenvalue weighted by atomic mass is 9.98. The van der Waals surface area contributed by atoms with E-state index in [0.717, 1.165) is 27.1 Å². The lowest BCUT2D eigenvalue weighted by Gasteiger charge is -2.19. The Labute approximate surface area is 195 Å². The molecule has 4 rings (SSSR count). The lowest BCUT2D eigenvalue weighted by Crippen LogP contribution is -2.44. The van der Waals surface area contributed by atoms with Gasteiger partial charge in [0.05, 0.1) is 5.69 Å². The molecule has 2 amide bonds.